The van der Waals surface area contributed by atoms with Gasteiger partial charge in [-0.15, -0.1) is 0 Å². The molecule has 1 aliphatic heterocycles. The monoisotopic (exact) mass is 330 g/mol. The molecule has 2 rings (SSSR count). The Bertz CT molecular complexity index is 556. The lowest BCUT2D eigenvalue weighted by molar-refractivity contribution is -0.141. The molecular formula is C20H30N2O2. The van der Waals surface area contributed by atoms with Gasteiger partial charge < -0.3 is 9.80 Å². The third-order valence-corrected chi connectivity index (χ3v) is 4.71. The minimum atomic E-state index is 0.0288. The minimum absolute atomic E-state index is 0.0288. The maximum atomic E-state index is 12.4. The summed E-state index contributed by atoms with van der Waals surface area (Å²) in [6, 6.07) is 8.56. The summed E-state index contributed by atoms with van der Waals surface area (Å²) in [5, 5.41) is 0. The fourth-order valence-electron chi connectivity index (χ4n) is 3.02. The summed E-state index contributed by atoms with van der Waals surface area (Å²) >= 11 is 0. The third kappa shape index (κ3) is 4.83. The highest BCUT2D eigenvalue weighted by Crippen LogP contribution is 2.16. The lowest BCUT2D eigenvalue weighted by atomic mass is 10.00. The van der Waals surface area contributed by atoms with Gasteiger partial charge in [-0.1, -0.05) is 52.0 Å². The third-order valence-electron chi connectivity index (χ3n) is 4.71. The van der Waals surface area contributed by atoms with Gasteiger partial charge in [-0.05, 0) is 23.5 Å². The van der Waals surface area contributed by atoms with Crippen LogP contribution in [0.1, 0.15) is 51.2 Å². The zero-order valence-corrected chi connectivity index (χ0v) is 15.4. The summed E-state index contributed by atoms with van der Waals surface area (Å²) in [7, 11) is 0. The molecule has 0 atom stereocenters. The summed E-state index contributed by atoms with van der Waals surface area (Å²) in [5.74, 6) is 0.943. The average molecular weight is 330 g/mol. The molecule has 0 aromatic heterocycles. The van der Waals surface area contributed by atoms with Gasteiger partial charge in [-0.2, -0.15) is 0 Å². The predicted octanol–water partition coefficient (Wildman–Crippen LogP) is 3.07. The van der Waals surface area contributed by atoms with E-state index in [9.17, 15) is 9.59 Å². The summed E-state index contributed by atoms with van der Waals surface area (Å²) in [6.07, 6.45) is 1.32. The van der Waals surface area contributed by atoms with Crippen molar-refractivity contribution >= 4 is 11.8 Å². The van der Waals surface area contributed by atoms with Crippen LogP contribution in [0.2, 0.25) is 0 Å². The minimum Gasteiger partial charge on any atom is -0.339 e. The predicted molar refractivity (Wildman–Crippen MR) is 96.9 cm³/mol. The SMILES string of the molecule is CC(C)C(=O)N1CCN(C(=O)CCc2ccc(C(C)C)cc2)CC1. The highest BCUT2D eigenvalue weighted by molar-refractivity contribution is 5.79. The molecule has 0 unspecified atom stereocenters. The van der Waals surface area contributed by atoms with Crippen LogP contribution in [0, 0.1) is 5.92 Å². The molecule has 0 bridgehead atoms. The van der Waals surface area contributed by atoms with Gasteiger partial charge in [-0.3, -0.25) is 9.59 Å². The first-order chi connectivity index (χ1) is 11.4. The molecule has 0 spiro atoms. The van der Waals surface area contributed by atoms with Crippen LogP contribution < -0.4 is 0 Å². The van der Waals surface area contributed by atoms with E-state index in [2.05, 4.69) is 38.1 Å². The number of piperazine rings is 1. The molecule has 1 aromatic carbocycles. The van der Waals surface area contributed by atoms with Crippen LogP contribution in [-0.4, -0.2) is 47.8 Å². The molecule has 4 nitrogen and oxygen atoms in total. The van der Waals surface area contributed by atoms with Gasteiger partial charge in [0.1, 0.15) is 0 Å². The molecule has 4 heteroatoms. The van der Waals surface area contributed by atoms with Crippen LogP contribution >= 0.6 is 0 Å². The Morgan fingerprint density at radius 3 is 1.96 bits per heavy atom. The van der Waals surface area contributed by atoms with E-state index in [1.54, 1.807) is 0 Å². The summed E-state index contributed by atoms with van der Waals surface area (Å²) in [4.78, 5) is 28.1. The van der Waals surface area contributed by atoms with Crippen molar-refractivity contribution in [3.63, 3.8) is 0 Å². The molecule has 0 saturated carbocycles. The Balaban J connectivity index is 1.78. The van der Waals surface area contributed by atoms with E-state index < -0.39 is 0 Å². The van der Waals surface area contributed by atoms with E-state index in [1.807, 2.05) is 23.6 Å². The molecule has 2 amide bonds. The van der Waals surface area contributed by atoms with Crippen molar-refractivity contribution in [2.24, 2.45) is 5.92 Å². The van der Waals surface area contributed by atoms with Gasteiger partial charge >= 0.3 is 0 Å². The Morgan fingerprint density at radius 1 is 0.917 bits per heavy atom. The fourth-order valence-corrected chi connectivity index (χ4v) is 3.02. The number of hydrogen-bond donors (Lipinski definition) is 0. The smallest absolute Gasteiger partial charge is 0.225 e. The summed E-state index contributed by atoms with van der Waals surface area (Å²) in [5.41, 5.74) is 2.54. The van der Waals surface area contributed by atoms with E-state index in [1.165, 1.54) is 11.1 Å². The molecule has 1 fully saturated rings. The number of nitrogens with zero attached hydrogens (tertiary/aromatic N) is 2. The number of amides is 2. The van der Waals surface area contributed by atoms with Gasteiger partial charge in [0.2, 0.25) is 11.8 Å². The Kier molecular flexibility index (Phi) is 6.41. The van der Waals surface area contributed by atoms with Crippen LogP contribution in [0.5, 0.6) is 0 Å². The number of rotatable bonds is 5. The van der Waals surface area contributed by atoms with Gasteiger partial charge in [0.05, 0.1) is 0 Å². The first-order valence-corrected chi connectivity index (χ1v) is 9.04. The average Bonchev–Trinajstić information content (AvgIpc) is 2.59. The van der Waals surface area contributed by atoms with Gasteiger partial charge in [0.25, 0.3) is 0 Å². The van der Waals surface area contributed by atoms with E-state index in [-0.39, 0.29) is 17.7 Å². The van der Waals surface area contributed by atoms with Gasteiger partial charge in [0.15, 0.2) is 0 Å². The standard InChI is InChI=1S/C20H30N2O2/c1-15(2)18-8-5-17(6-9-18)7-10-19(23)21-11-13-22(14-12-21)20(24)16(3)4/h5-6,8-9,15-16H,7,10-14H2,1-4H3. The Labute approximate surface area is 145 Å². The van der Waals surface area contributed by atoms with Gasteiger partial charge in [0, 0.05) is 38.5 Å². The van der Waals surface area contributed by atoms with E-state index in [0.29, 0.717) is 38.5 Å². The van der Waals surface area contributed by atoms with Crippen LogP contribution in [0.25, 0.3) is 0 Å². The number of hydrogen-bond acceptors (Lipinski definition) is 2. The van der Waals surface area contributed by atoms with Crippen LogP contribution in [-0.2, 0) is 16.0 Å². The molecule has 132 valence electrons. The van der Waals surface area contributed by atoms with Crippen LogP contribution in [0.3, 0.4) is 0 Å². The zero-order chi connectivity index (χ0) is 17.7. The molecule has 0 N–H and O–H groups in total. The zero-order valence-electron chi connectivity index (χ0n) is 15.4. The van der Waals surface area contributed by atoms with E-state index in [0.717, 1.165) is 6.42 Å². The molecule has 1 saturated heterocycles. The largest absolute Gasteiger partial charge is 0.339 e. The second-order valence-corrected chi connectivity index (χ2v) is 7.26. The molecule has 1 aliphatic rings. The Hall–Kier alpha value is -1.84. The van der Waals surface area contributed by atoms with Crippen LogP contribution in [0.15, 0.2) is 24.3 Å². The molecule has 1 aromatic rings. The van der Waals surface area contributed by atoms with Crippen LogP contribution in [0.4, 0.5) is 0 Å². The number of benzene rings is 1. The van der Waals surface area contributed by atoms with Gasteiger partial charge in [-0.25, -0.2) is 0 Å². The second kappa shape index (κ2) is 8.32. The molecule has 0 radical (unpaired) electrons. The van der Waals surface area contributed by atoms with Crippen molar-refractivity contribution in [1.82, 2.24) is 9.80 Å². The lowest BCUT2D eigenvalue weighted by Gasteiger charge is -2.35. The normalized spacial score (nSPS) is 15.2. The van der Waals surface area contributed by atoms with Crippen molar-refractivity contribution in [2.45, 2.75) is 46.5 Å². The maximum absolute atomic E-state index is 12.4. The second-order valence-electron chi connectivity index (χ2n) is 7.26. The highest BCUT2D eigenvalue weighted by atomic mass is 16.2. The van der Waals surface area contributed by atoms with Crippen molar-refractivity contribution in [1.29, 1.82) is 0 Å². The molecule has 1 heterocycles. The molecular weight excluding hydrogens is 300 g/mol. The van der Waals surface area contributed by atoms with Crippen molar-refractivity contribution in [3.8, 4) is 0 Å². The summed E-state index contributed by atoms with van der Waals surface area (Å²) < 4.78 is 0. The number of carbonyl (C=O) groups excluding carboxylic acids is 2. The van der Waals surface area contributed by atoms with Crippen molar-refractivity contribution < 1.29 is 9.59 Å². The van der Waals surface area contributed by atoms with E-state index >= 15 is 0 Å². The maximum Gasteiger partial charge on any atom is 0.225 e. The molecule has 0 aliphatic carbocycles. The fraction of sp³-hybridized carbons (Fsp3) is 0.600. The van der Waals surface area contributed by atoms with E-state index in [4.69, 9.17) is 0 Å². The topological polar surface area (TPSA) is 40.6 Å². The first kappa shape index (κ1) is 18.5. The molecule has 24 heavy (non-hydrogen) atoms. The quantitative estimate of drug-likeness (QED) is 0.832. The number of carbonyl (C=O) groups is 2. The first-order valence-electron chi connectivity index (χ1n) is 9.04. The highest BCUT2D eigenvalue weighted by Gasteiger charge is 2.24. The number of aryl methyl sites for hydroxylation is 1. The van der Waals surface area contributed by atoms with Crippen molar-refractivity contribution in [2.75, 3.05) is 26.2 Å². The van der Waals surface area contributed by atoms with Crippen molar-refractivity contribution in [3.05, 3.63) is 35.4 Å². The Morgan fingerprint density at radius 2 is 1.46 bits per heavy atom. The lowest BCUT2D eigenvalue weighted by Crippen LogP contribution is -2.51. The summed E-state index contributed by atoms with van der Waals surface area (Å²) in [6.45, 7) is 10.8.